The van der Waals surface area contributed by atoms with E-state index in [-0.39, 0.29) is 35.3 Å². The molecule has 0 saturated heterocycles. The summed E-state index contributed by atoms with van der Waals surface area (Å²) >= 11 is 1.30. The average Bonchev–Trinajstić information content (AvgIpc) is 2.13. The molecular weight excluding hydrogens is 161 g/mol. The second kappa shape index (κ2) is 4.08. The van der Waals surface area contributed by atoms with Gasteiger partial charge in [-0.3, -0.25) is 0 Å². The molecule has 1 heterocycles. The van der Waals surface area contributed by atoms with E-state index in [9.17, 15) is 9.90 Å². The molecule has 0 amide bonds. The summed E-state index contributed by atoms with van der Waals surface area (Å²) in [6.07, 6.45) is 0. The average molecular weight is 165 g/mol. The Bertz CT molecular complexity index is 235. The van der Waals surface area contributed by atoms with E-state index < -0.39 is 5.97 Å². The molecule has 0 radical (unpaired) electrons. The van der Waals surface area contributed by atoms with Gasteiger partial charge in [0.1, 0.15) is 0 Å². The van der Waals surface area contributed by atoms with Gasteiger partial charge in [0.25, 0.3) is 0 Å². The topological polar surface area (TPSA) is 53.0 Å². The van der Waals surface area contributed by atoms with E-state index in [0.29, 0.717) is 4.88 Å². The summed E-state index contributed by atoms with van der Waals surface area (Å²) in [4.78, 5) is 14.4. The zero-order valence-electron chi connectivity index (χ0n) is 5.75. The Morgan fingerprint density at radius 1 is 1.80 bits per heavy atom. The standard InChI is InChI=1S/C5H5NO2S.Na/c1-3-4(5(7)8)6-2-9-3;/h2H,1H3,(H,7,8);/q;+1/p-1. The van der Waals surface area contributed by atoms with Crippen molar-refractivity contribution in [2.45, 2.75) is 6.92 Å². The van der Waals surface area contributed by atoms with E-state index in [0.717, 1.165) is 0 Å². The Balaban J connectivity index is 0.000000810. The fourth-order valence-corrected chi connectivity index (χ4v) is 1.07. The van der Waals surface area contributed by atoms with Crippen molar-refractivity contribution in [3.63, 3.8) is 0 Å². The molecule has 0 bridgehead atoms. The Labute approximate surface area is 84.4 Å². The van der Waals surface area contributed by atoms with Crippen LogP contribution in [0.5, 0.6) is 0 Å². The largest absolute Gasteiger partial charge is 1.00 e. The van der Waals surface area contributed by atoms with Crippen LogP contribution in [0.3, 0.4) is 0 Å². The number of carbonyl (C=O) groups excluding carboxylic acids is 1. The van der Waals surface area contributed by atoms with Crippen LogP contribution in [0.15, 0.2) is 5.51 Å². The molecule has 0 aliphatic carbocycles. The summed E-state index contributed by atoms with van der Waals surface area (Å²) in [5, 5.41) is 10.1. The number of aromatic carboxylic acids is 1. The van der Waals surface area contributed by atoms with Crippen molar-refractivity contribution in [2.24, 2.45) is 0 Å². The number of hydrogen-bond acceptors (Lipinski definition) is 4. The predicted molar refractivity (Wildman–Crippen MR) is 31.2 cm³/mol. The summed E-state index contributed by atoms with van der Waals surface area (Å²) in [7, 11) is 0. The molecule has 0 saturated carbocycles. The first kappa shape index (κ1) is 10.1. The van der Waals surface area contributed by atoms with Gasteiger partial charge in [0.05, 0.1) is 17.2 Å². The molecule has 0 aromatic carbocycles. The number of carboxylic acid groups (broad SMARTS) is 1. The maximum Gasteiger partial charge on any atom is 1.00 e. The zero-order valence-corrected chi connectivity index (χ0v) is 8.57. The van der Waals surface area contributed by atoms with Crippen molar-refractivity contribution in [3.8, 4) is 0 Å². The number of nitrogens with zero attached hydrogens (tertiary/aromatic N) is 1. The molecule has 48 valence electrons. The van der Waals surface area contributed by atoms with Crippen molar-refractivity contribution in [1.82, 2.24) is 4.98 Å². The summed E-state index contributed by atoms with van der Waals surface area (Å²) in [6.45, 7) is 1.70. The van der Waals surface area contributed by atoms with Gasteiger partial charge in [0, 0.05) is 4.88 Å². The van der Waals surface area contributed by atoms with Gasteiger partial charge in [-0.05, 0) is 6.92 Å². The number of aryl methyl sites for hydroxylation is 1. The first-order chi connectivity index (χ1) is 4.22. The van der Waals surface area contributed by atoms with Crippen LogP contribution in [0.1, 0.15) is 15.4 Å². The van der Waals surface area contributed by atoms with Gasteiger partial charge in [0.2, 0.25) is 0 Å². The van der Waals surface area contributed by atoms with E-state index in [4.69, 9.17) is 0 Å². The van der Waals surface area contributed by atoms with E-state index in [1.807, 2.05) is 0 Å². The van der Waals surface area contributed by atoms with Crippen LogP contribution in [0.2, 0.25) is 0 Å². The number of hydrogen-bond donors (Lipinski definition) is 0. The van der Waals surface area contributed by atoms with E-state index in [2.05, 4.69) is 4.98 Å². The van der Waals surface area contributed by atoms with E-state index in [1.165, 1.54) is 16.8 Å². The number of carboxylic acids is 1. The Hall–Kier alpha value is 0.100. The molecule has 0 aliphatic heterocycles. The molecule has 5 heteroatoms. The van der Waals surface area contributed by atoms with Crippen LogP contribution in [-0.2, 0) is 0 Å². The number of rotatable bonds is 1. The molecule has 0 N–H and O–H groups in total. The van der Waals surface area contributed by atoms with Crippen LogP contribution in [0.4, 0.5) is 0 Å². The van der Waals surface area contributed by atoms with Gasteiger partial charge >= 0.3 is 29.6 Å². The minimum atomic E-state index is -1.20. The van der Waals surface area contributed by atoms with Crippen LogP contribution in [0.25, 0.3) is 0 Å². The zero-order chi connectivity index (χ0) is 6.85. The first-order valence-electron chi connectivity index (χ1n) is 2.33. The first-order valence-corrected chi connectivity index (χ1v) is 3.21. The molecule has 0 aliphatic rings. The van der Waals surface area contributed by atoms with Crippen LogP contribution in [0, 0.1) is 6.92 Å². The minimum Gasteiger partial charge on any atom is -0.543 e. The van der Waals surface area contributed by atoms with Crippen molar-refractivity contribution >= 4 is 17.3 Å². The summed E-state index contributed by atoms with van der Waals surface area (Å²) < 4.78 is 0. The quantitative estimate of drug-likeness (QED) is 0.412. The number of thiazole rings is 1. The predicted octanol–water partition coefficient (Wildman–Crippen LogP) is -3.18. The second-order valence-corrected chi connectivity index (χ2v) is 2.60. The Kier molecular flexibility index (Phi) is 4.12. The van der Waals surface area contributed by atoms with Gasteiger partial charge in [-0.2, -0.15) is 0 Å². The molecule has 10 heavy (non-hydrogen) atoms. The molecule has 1 aromatic heterocycles. The Morgan fingerprint density at radius 3 is 2.60 bits per heavy atom. The fourth-order valence-electron chi connectivity index (χ4n) is 0.501. The fraction of sp³-hybridized carbons (Fsp3) is 0.200. The van der Waals surface area contributed by atoms with Crippen molar-refractivity contribution < 1.29 is 39.5 Å². The van der Waals surface area contributed by atoms with Gasteiger partial charge in [-0.1, -0.05) is 0 Å². The van der Waals surface area contributed by atoms with Crippen molar-refractivity contribution in [2.75, 3.05) is 0 Å². The van der Waals surface area contributed by atoms with Crippen molar-refractivity contribution in [1.29, 1.82) is 0 Å². The van der Waals surface area contributed by atoms with Gasteiger partial charge in [-0.15, -0.1) is 11.3 Å². The van der Waals surface area contributed by atoms with Gasteiger partial charge in [-0.25, -0.2) is 4.98 Å². The summed E-state index contributed by atoms with van der Waals surface area (Å²) in [5.41, 5.74) is 1.54. The van der Waals surface area contributed by atoms with Gasteiger partial charge in [0.15, 0.2) is 0 Å². The van der Waals surface area contributed by atoms with Gasteiger partial charge < -0.3 is 9.90 Å². The SMILES string of the molecule is Cc1scnc1C(=O)[O-].[Na+]. The molecule has 1 rings (SSSR count). The molecular formula is C5H4NNaO2S. The minimum absolute atomic E-state index is 0. The third-order valence-corrected chi connectivity index (χ3v) is 1.70. The third kappa shape index (κ3) is 2.05. The Morgan fingerprint density at radius 2 is 2.40 bits per heavy atom. The molecule has 1 aromatic rings. The van der Waals surface area contributed by atoms with Crippen LogP contribution in [-0.4, -0.2) is 11.0 Å². The van der Waals surface area contributed by atoms with Crippen LogP contribution >= 0.6 is 11.3 Å². The molecule has 3 nitrogen and oxygen atoms in total. The summed E-state index contributed by atoms with van der Waals surface area (Å²) in [6, 6.07) is 0. The number of aromatic nitrogens is 1. The molecule has 0 fully saturated rings. The molecule has 0 spiro atoms. The maximum atomic E-state index is 10.1. The monoisotopic (exact) mass is 165 g/mol. The molecule has 0 unspecified atom stereocenters. The molecule has 0 atom stereocenters. The smallest absolute Gasteiger partial charge is 0.543 e. The second-order valence-electron chi connectivity index (χ2n) is 1.54. The van der Waals surface area contributed by atoms with Crippen LogP contribution < -0.4 is 34.7 Å². The normalized spacial score (nSPS) is 8.50. The number of carbonyl (C=O) groups is 1. The van der Waals surface area contributed by atoms with Crippen molar-refractivity contribution in [3.05, 3.63) is 16.1 Å². The van der Waals surface area contributed by atoms with E-state index in [1.54, 1.807) is 6.92 Å². The summed E-state index contributed by atoms with van der Waals surface area (Å²) in [5.74, 6) is -1.20. The maximum absolute atomic E-state index is 10.1. The van der Waals surface area contributed by atoms with E-state index >= 15 is 0 Å². The third-order valence-electron chi connectivity index (χ3n) is 0.938.